The number of hydrogen-bond donors (Lipinski definition) is 2. The van der Waals surface area contributed by atoms with E-state index in [-0.39, 0.29) is 5.56 Å². The number of benzene rings is 2. The molecule has 0 aromatic heterocycles. The summed E-state index contributed by atoms with van der Waals surface area (Å²) in [6.45, 7) is 0. The third kappa shape index (κ3) is 3.28. The van der Waals surface area contributed by atoms with Crippen LogP contribution in [0.15, 0.2) is 42.5 Å². The summed E-state index contributed by atoms with van der Waals surface area (Å²) < 4.78 is 32.1. The first-order valence-electron chi connectivity index (χ1n) is 6.16. The fourth-order valence-electron chi connectivity index (χ4n) is 1.90. The summed E-state index contributed by atoms with van der Waals surface area (Å²) in [5, 5.41) is 2.78. The molecule has 0 saturated heterocycles. The van der Waals surface area contributed by atoms with E-state index in [1.54, 1.807) is 24.3 Å². The molecule has 4 nitrogen and oxygen atoms in total. The van der Waals surface area contributed by atoms with Gasteiger partial charge in [0.1, 0.15) is 11.8 Å². The van der Waals surface area contributed by atoms with E-state index >= 15 is 0 Å². The maximum atomic E-state index is 13.8. The van der Waals surface area contributed by atoms with Crippen molar-refractivity contribution >= 4 is 11.6 Å². The normalized spacial score (nSPS) is 11.8. The van der Waals surface area contributed by atoms with E-state index in [4.69, 9.17) is 10.5 Å². The summed E-state index contributed by atoms with van der Waals surface area (Å²) in [5.74, 6) is -2.30. The molecule has 110 valence electrons. The van der Waals surface area contributed by atoms with E-state index in [1.807, 2.05) is 0 Å². The summed E-state index contributed by atoms with van der Waals surface area (Å²) in [7, 11) is 1.52. The number of amides is 1. The zero-order valence-electron chi connectivity index (χ0n) is 11.3. The monoisotopic (exact) mass is 292 g/mol. The van der Waals surface area contributed by atoms with Gasteiger partial charge in [-0.15, -0.1) is 0 Å². The maximum Gasteiger partial charge on any atom is 0.244 e. The molecule has 0 saturated carbocycles. The Labute approximate surface area is 120 Å². The minimum Gasteiger partial charge on any atom is -0.497 e. The highest BCUT2D eigenvalue weighted by molar-refractivity contribution is 5.84. The molecule has 0 spiro atoms. The zero-order valence-corrected chi connectivity index (χ0v) is 11.3. The molecular weight excluding hydrogens is 278 g/mol. The van der Waals surface area contributed by atoms with Crippen molar-refractivity contribution in [1.29, 1.82) is 0 Å². The molecule has 0 aliphatic rings. The minimum absolute atomic E-state index is 0.140. The summed E-state index contributed by atoms with van der Waals surface area (Å²) in [5.41, 5.74) is 5.67. The van der Waals surface area contributed by atoms with Gasteiger partial charge in [-0.1, -0.05) is 12.1 Å². The van der Waals surface area contributed by atoms with Crippen molar-refractivity contribution in [3.8, 4) is 5.75 Å². The molecule has 2 aromatic carbocycles. The van der Waals surface area contributed by atoms with Crippen LogP contribution in [0.25, 0.3) is 0 Å². The predicted octanol–water partition coefficient (Wildman–Crippen LogP) is 2.61. The zero-order chi connectivity index (χ0) is 15.4. The molecule has 21 heavy (non-hydrogen) atoms. The summed E-state index contributed by atoms with van der Waals surface area (Å²) in [4.78, 5) is 11.5. The fraction of sp³-hybridized carbons (Fsp3) is 0.133. The van der Waals surface area contributed by atoms with Crippen molar-refractivity contribution in [3.63, 3.8) is 0 Å². The Hall–Kier alpha value is -2.63. The number of carbonyl (C=O) groups excluding carboxylic acids is 1. The molecule has 3 N–H and O–H groups in total. The van der Waals surface area contributed by atoms with Crippen molar-refractivity contribution in [2.24, 2.45) is 5.73 Å². The van der Waals surface area contributed by atoms with Crippen LogP contribution in [-0.2, 0) is 4.79 Å². The number of nitrogens with one attached hydrogen (secondary N) is 1. The number of halogens is 2. The highest BCUT2D eigenvalue weighted by atomic mass is 19.2. The second-order valence-corrected chi connectivity index (χ2v) is 4.35. The number of rotatable bonds is 5. The van der Waals surface area contributed by atoms with E-state index in [0.717, 1.165) is 6.07 Å². The molecule has 0 fully saturated rings. The number of anilines is 1. The maximum absolute atomic E-state index is 13.8. The van der Waals surface area contributed by atoms with Gasteiger partial charge in [0.05, 0.1) is 7.11 Å². The molecule has 0 radical (unpaired) electrons. The van der Waals surface area contributed by atoms with Crippen molar-refractivity contribution in [1.82, 2.24) is 0 Å². The molecule has 1 amide bonds. The van der Waals surface area contributed by atoms with Gasteiger partial charge in [0.2, 0.25) is 5.91 Å². The number of hydrogen-bond acceptors (Lipinski definition) is 3. The number of primary amides is 1. The van der Waals surface area contributed by atoms with Crippen molar-refractivity contribution in [2.45, 2.75) is 6.04 Å². The van der Waals surface area contributed by atoms with E-state index in [0.29, 0.717) is 11.4 Å². The van der Waals surface area contributed by atoms with Crippen LogP contribution in [0.1, 0.15) is 11.6 Å². The Morgan fingerprint density at radius 3 is 2.43 bits per heavy atom. The lowest BCUT2D eigenvalue weighted by molar-refractivity contribution is -0.118. The highest BCUT2D eigenvalue weighted by Crippen LogP contribution is 2.24. The van der Waals surface area contributed by atoms with Crippen LogP contribution in [0.2, 0.25) is 0 Å². The lowest BCUT2D eigenvalue weighted by Gasteiger charge is -2.18. The summed E-state index contributed by atoms with van der Waals surface area (Å²) in [6.07, 6.45) is 0. The topological polar surface area (TPSA) is 64.3 Å². The Bertz CT molecular complexity index is 645. The Morgan fingerprint density at radius 2 is 1.86 bits per heavy atom. The van der Waals surface area contributed by atoms with E-state index in [1.165, 1.54) is 19.2 Å². The summed E-state index contributed by atoms with van der Waals surface area (Å²) >= 11 is 0. The molecule has 0 bridgehead atoms. The quantitative estimate of drug-likeness (QED) is 0.890. The van der Waals surface area contributed by atoms with Gasteiger partial charge in [-0.2, -0.15) is 0 Å². The second-order valence-electron chi connectivity index (χ2n) is 4.35. The molecule has 0 aliphatic carbocycles. The van der Waals surface area contributed by atoms with Gasteiger partial charge < -0.3 is 15.8 Å². The average molecular weight is 292 g/mol. The van der Waals surface area contributed by atoms with Gasteiger partial charge in [-0.25, -0.2) is 8.78 Å². The van der Waals surface area contributed by atoms with Crippen LogP contribution >= 0.6 is 0 Å². The number of methoxy groups -OCH3 is 1. The van der Waals surface area contributed by atoms with Crippen LogP contribution in [0, 0.1) is 11.6 Å². The minimum atomic E-state index is -1.17. The van der Waals surface area contributed by atoms with Gasteiger partial charge in [0, 0.05) is 11.3 Å². The van der Waals surface area contributed by atoms with Crippen LogP contribution in [0.3, 0.4) is 0 Å². The second kappa shape index (κ2) is 6.21. The Balaban J connectivity index is 2.31. The van der Waals surface area contributed by atoms with E-state index in [2.05, 4.69) is 5.32 Å². The van der Waals surface area contributed by atoms with Crippen molar-refractivity contribution < 1.29 is 18.3 Å². The van der Waals surface area contributed by atoms with Crippen LogP contribution in [0.4, 0.5) is 14.5 Å². The molecule has 2 rings (SSSR count). The largest absolute Gasteiger partial charge is 0.497 e. The first-order chi connectivity index (χ1) is 10.0. The Kier molecular flexibility index (Phi) is 4.37. The van der Waals surface area contributed by atoms with Crippen LogP contribution < -0.4 is 15.8 Å². The SMILES string of the molecule is COc1ccc(NC(C(N)=O)c2cccc(F)c2F)cc1. The number of nitrogens with two attached hydrogens (primary N) is 1. The van der Waals surface area contributed by atoms with Crippen LogP contribution in [-0.4, -0.2) is 13.0 Å². The van der Waals surface area contributed by atoms with E-state index in [9.17, 15) is 13.6 Å². The molecule has 2 aromatic rings. The molecule has 1 unspecified atom stereocenters. The molecule has 0 aliphatic heterocycles. The fourth-order valence-corrected chi connectivity index (χ4v) is 1.90. The first kappa shape index (κ1) is 14.8. The third-order valence-electron chi connectivity index (χ3n) is 2.98. The van der Waals surface area contributed by atoms with Gasteiger partial charge in [-0.05, 0) is 30.3 Å². The standard InChI is InChI=1S/C15H14F2N2O2/c1-21-10-7-5-9(6-8-10)19-14(15(18)20)11-3-2-4-12(16)13(11)17/h2-8,14,19H,1H3,(H2,18,20). The van der Waals surface area contributed by atoms with Gasteiger partial charge in [-0.3, -0.25) is 4.79 Å². The van der Waals surface area contributed by atoms with Crippen molar-refractivity contribution in [2.75, 3.05) is 12.4 Å². The van der Waals surface area contributed by atoms with Crippen LogP contribution in [0.5, 0.6) is 5.75 Å². The molecular formula is C15H14F2N2O2. The number of carbonyl (C=O) groups is 1. The predicted molar refractivity (Wildman–Crippen MR) is 74.9 cm³/mol. The molecule has 6 heteroatoms. The average Bonchev–Trinajstić information content (AvgIpc) is 2.48. The molecule has 0 heterocycles. The smallest absolute Gasteiger partial charge is 0.244 e. The molecule has 1 atom stereocenters. The first-order valence-corrected chi connectivity index (χ1v) is 6.16. The lowest BCUT2D eigenvalue weighted by atomic mass is 10.0. The van der Waals surface area contributed by atoms with Gasteiger partial charge in [0.25, 0.3) is 0 Å². The highest BCUT2D eigenvalue weighted by Gasteiger charge is 2.23. The summed E-state index contributed by atoms with van der Waals surface area (Å²) in [6, 6.07) is 9.06. The van der Waals surface area contributed by atoms with Gasteiger partial charge >= 0.3 is 0 Å². The van der Waals surface area contributed by atoms with Crippen molar-refractivity contribution in [3.05, 3.63) is 59.7 Å². The van der Waals surface area contributed by atoms with E-state index < -0.39 is 23.6 Å². The number of ether oxygens (including phenoxy) is 1. The Morgan fingerprint density at radius 1 is 1.19 bits per heavy atom. The third-order valence-corrected chi connectivity index (χ3v) is 2.98. The van der Waals surface area contributed by atoms with Gasteiger partial charge in [0.15, 0.2) is 11.6 Å². The lowest BCUT2D eigenvalue weighted by Crippen LogP contribution is -2.28.